The van der Waals surface area contributed by atoms with Gasteiger partial charge in [-0.1, -0.05) is 18.2 Å². The minimum Gasteiger partial charge on any atom is -0.322 e. The highest BCUT2D eigenvalue weighted by Crippen LogP contribution is 2.23. The number of halogens is 1. The summed E-state index contributed by atoms with van der Waals surface area (Å²) in [6.45, 7) is 0. The molecule has 0 aliphatic carbocycles. The van der Waals surface area contributed by atoms with Crippen LogP contribution in [-0.4, -0.2) is 10.9 Å². The van der Waals surface area contributed by atoms with Gasteiger partial charge in [0.05, 0.1) is 5.69 Å². The van der Waals surface area contributed by atoms with Crippen molar-refractivity contribution in [3.05, 3.63) is 64.7 Å². The van der Waals surface area contributed by atoms with E-state index in [1.54, 1.807) is 35.6 Å². The van der Waals surface area contributed by atoms with Crippen LogP contribution in [0.5, 0.6) is 0 Å². The first kappa shape index (κ1) is 13.5. The summed E-state index contributed by atoms with van der Waals surface area (Å²) >= 11 is 1.55. The minimum atomic E-state index is -0.405. The summed E-state index contributed by atoms with van der Waals surface area (Å²) in [7, 11) is 0. The zero-order chi connectivity index (χ0) is 14.7. The van der Waals surface area contributed by atoms with Gasteiger partial charge in [0, 0.05) is 22.5 Å². The van der Waals surface area contributed by atoms with Crippen LogP contribution in [0.4, 0.5) is 10.1 Å². The Balaban J connectivity index is 1.85. The van der Waals surface area contributed by atoms with Crippen molar-refractivity contribution in [1.29, 1.82) is 0 Å². The fourth-order valence-corrected chi connectivity index (χ4v) is 2.59. The highest BCUT2D eigenvalue weighted by molar-refractivity contribution is 7.10. The van der Waals surface area contributed by atoms with E-state index < -0.39 is 5.82 Å². The van der Waals surface area contributed by atoms with E-state index >= 15 is 0 Å². The van der Waals surface area contributed by atoms with Gasteiger partial charge in [-0.05, 0) is 29.7 Å². The van der Waals surface area contributed by atoms with Gasteiger partial charge in [0.1, 0.15) is 11.3 Å². The van der Waals surface area contributed by atoms with E-state index in [1.807, 2.05) is 17.5 Å². The van der Waals surface area contributed by atoms with Crippen molar-refractivity contribution in [2.75, 3.05) is 5.32 Å². The summed E-state index contributed by atoms with van der Waals surface area (Å²) in [5.74, 6) is -0.669. The van der Waals surface area contributed by atoms with Crippen LogP contribution < -0.4 is 5.32 Å². The molecule has 2 heterocycles. The molecular formula is C16H11FN2OS. The number of hydrogen-bond donors (Lipinski definition) is 1. The number of amides is 1. The second-order valence-electron chi connectivity index (χ2n) is 4.33. The second kappa shape index (κ2) is 5.85. The Labute approximate surface area is 124 Å². The maximum absolute atomic E-state index is 13.6. The van der Waals surface area contributed by atoms with Gasteiger partial charge in [0.15, 0.2) is 0 Å². The predicted octanol–water partition coefficient (Wildman–Crippen LogP) is 4.09. The Kier molecular flexibility index (Phi) is 3.75. The van der Waals surface area contributed by atoms with E-state index in [4.69, 9.17) is 0 Å². The van der Waals surface area contributed by atoms with Crippen LogP contribution in [0.3, 0.4) is 0 Å². The van der Waals surface area contributed by atoms with E-state index in [0.29, 0.717) is 11.1 Å². The lowest BCUT2D eigenvalue weighted by atomic mass is 10.2. The number of fused-ring (bicyclic) bond motifs is 1. The number of pyridine rings is 1. The van der Waals surface area contributed by atoms with Crippen LogP contribution in [-0.2, 0) is 4.79 Å². The van der Waals surface area contributed by atoms with E-state index in [2.05, 4.69) is 10.3 Å². The Morgan fingerprint density at radius 1 is 1.24 bits per heavy atom. The molecule has 1 aromatic carbocycles. The minimum absolute atomic E-state index is 0.248. The van der Waals surface area contributed by atoms with E-state index in [-0.39, 0.29) is 11.4 Å². The molecule has 0 saturated heterocycles. The Morgan fingerprint density at radius 3 is 2.95 bits per heavy atom. The van der Waals surface area contributed by atoms with Gasteiger partial charge >= 0.3 is 0 Å². The van der Waals surface area contributed by atoms with Gasteiger partial charge in [-0.2, -0.15) is 0 Å². The van der Waals surface area contributed by atoms with Crippen molar-refractivity contribution >= 4 is 39.9 Å². The topological polar surface area (TPSA) is 42.0 Å². The van der Waals surface area contributed by atoms with Crippen LogP contribution >= 0.6 is 11.3 Å². The molecule has 0 atom stereocenters. The molecule has 0 radical (unpaired) electrons. The lowest BCUT2D eigenvalue weighted by Crippen LogP contribution is -2.08. The summed E-state index contributed by atoms with van der Waals surface area (Å²) in [6.07, 6.45) is 4.67. The SMILES string of the molecule is O=C(/C=C/c1cccs1)Nc1ccnc2c(F)cccc12. The Morgan fingerprint density at radius 2 is 2.14 bits per heavy atom. The Bertz CT molecular complexity index is 812. The lowest BCUT2D eigenvalue weighted by Gasteiger charge is -2.06. The number of hydrogen-bond acceptors (Lipinski definition) is 3. The molecule has 0 fully saturated rings. The molecule has 3 aromatic rings. The van der Waals surface area contributed by atoms with Gasteiger partial charge in [0.25, 0.3) is 0 Å². The summed E-state index contributed by atoms with van der Waals surface area (Å²) < 4.78 is 13.6. The van der Waals surface area contributed by atoms with Crippen LogP contribution in [0.1, 0.15) is 4.88 Å². The quantitative estimate of drug-likeness (QED) is 0.740. The molecular weight excluding hydrogens is 287 g/mol. The predicted molar refractivity (Wildman–Crippen MR) is 83.7 cm³/mol. The molecule has 0 bridgehead atoms. The Hall–Kier alpha value is -2.53. The van der Waals surface area contributed by atoms with Crippen molar-refractivity contribution < 1.29 is 9.18 Å². The number of rotatable bonds is 3. The third-order valence-corrected chi connectivity index (χ3v) is 3.76. The smallest absolute Gasteiger partial charge is 0.248 e. The molecule has 21 heavy (non-hydrogen) atoms. The molecule has 3 nitrogen and oxygen atoms in total. The normalized spacial score (nSPS) is 11.1. The number of nitrogens with one attached hydrogen (secondary N) is 1. The molecule has 2 aromatic heterocycles. The molecule has 0 spiro atoms. The lowest BCUT2D eigenvalue weighted by molar-refractivity contribution is -0.111. The van der Waals surface area contributed by atoms with Crippen LogP contribution in [0.2, 0.25) is 0 Å². The van der Waals surface area contributed by atoms with Gasteiger partial charge in [-0.15, -0.1) is 11.3 Å². The van der Waals surface area contributed by atoms with Gasteiger partial charge < -0.3 is 5.32 Å². The van der Waals surface area contributed by atoms with Crippen molar-refractivity contribution in [2.24, 2.45) is 0 Å². The molecule has 0 unspecified atom stereocenters. The molecule has 0 aliphatic rings. The number of anilines is 1. The summed E-state index contributed by atoms with van der Waals surface area (Å²) in [4.78, 5) is 16.9. The number of benzene rings is 1. The monoisotopic (exact) mass is 298 g/mol. The standard InChI is InChI=1S/C16H11FN2OS/c17-13-5-1-4-12-14(8-9-18-16(12)13)19-15(20)7-6-11-3-2-10-21-11/h1-10H,(H,18,19,20)/b7-6+. The number of aromatic nitrogens is 1. The summed E-state index contributed by atoms with van der Waals surface area (Å²) in [5, 5.41) is 5.27. The van der Waals surface area contributed by atoms with Crippen molar-refractivity contribution in [3.63, 3.8) is 0 Å². The van der Waals surface area contributed by atoms with Gasteiger partial charge in [-0.3, -0.25) is 9.78 Å². The van der Waals surface area contributed by atoms with Crippen molar-refractivity contribution in [1.82, 2.24) is 4.98 Å². The first-order valence-corrected chi connectivity index (χ1v) is 7.18. The zero-order valence-corrected chi connectivity index (χ0v) is 11.7. The van der Waals surface area contributed by atoms with Gasteiger partial charge in [-0.25, -0.2) is 4.39 Å². The molecule has 1 N–H and O–H groups in total. The zero-order valence-electron chi connectivity index (χ0n) is 10.9. The molecule has 1 amide bonds. The number of carbonyl (C=O) groups is 1. The van der Waals surface area contributed by atoms with Crippen LogP contribution in [0.15, 0.2) is 54.1 Å². The third kappa shape index (κ3) is 2.98. The number of thiophene rings is 1. The average molecular weight is 298 g/mol. The molecule has 3 rings (SSSR count). The first-order chi connectivity index (χ1) is 10.2. The van der Waals surface area contributed by atoms with Crippen molar-refractivity contribution in [2.45, 2.75) is 0 Å². The largest absolute Gasteiger partial charge is 0.322 e. The fourth-order valence-electron chi connectivity index (χ4n) is 1.97. The number of carbonyl (C=O) groups excluding carboxylic acids is 1. The maximum Gasteiger partial charge on any atom is 0.248 e. The maximum atomic E-state index is 13.6. The van der Waals surface area contributed by atoms with E-state index in [9.17, 15) is 9.18 Å². The fraction of sp³-hybridized carbons (Fsp3) is 0. The summed E-state index contributed by atoms with van der Waals surface area (Å²) in [5.41, 5.74) is 0.790. The first-order valence-electron chi connectivity index (χ1n) is 6.30. The average Bonchev–Trinajstić information content (AvgIpc) is 3.00. The van der Waals surface area contributed by atoms with Gasteiger partial charge in [0.2, 0.25) is 5.91 Å². The molecule has 0 aliphatic heterocycles. The molecule has 104 valence electrons. The second-order valence-corrected chi connectivity index (χ2v) is 5.31. The number of para-hydroxylation sites is 1. The van der Waals surface area contributed by atoms with E-state index in [0.717, 1.165) is 4.88 Å². The molecule has 5 heteroatoms. The van der Waals surface area contributed by atoms with Crippen LogP contribution in [0, 0.1) is 5.82 Å². The van der Waals surface area contributed by atoms with E-state index in [1.165, 1.54) is 18.3 Å². The third-order valence-electron chi connectivity index (χ3n) is 2.92. The highest BCUT2D eigenvalue weighted by atomic mass is 32.1. The highest BCUT2D eigenvalue weighted by Gasteiger charge is 2.07. The van der Waals surface area contributed by atoms with Crippen LogP contribution in [0.25, 0.3) is 17.0 Å². The summed E-state index contributed by atoms with van der Waals surface area (Å²) in [6, 6.07) is 10.2. The molecule has 0 saturated carbocycles. The number of nitrogens with zero attached hydrogens (tertiary/aromatic N) is 1. The van der Waals surface area contributed by atoms with Crippen molar-refractivity contribution in [3.8, 4) is 0 Å².